The van der Waals surface area contributed by atoms with Gasteiger partial charge < -0.3 is 14.6 Å². The molecule has 0 fully saturated rings. The highest BCUT2D eigenvalue weighted by Crippen LogP contribution is 2.33. The van der Waals surface area contributed by atoms with E-state index in [2.05, 4.69) is 21.8 Å². The van der Waals surface area contributed by atoms with Crippen molar-refractivity contribution < 1.29 is 14.3 Å². The summed E-state index contributed by atoms with van der Waals surface area (Å²) in [6.07, 6.45) is 6.73. The van der Waals surface area contributed by atoms with Crippen molar-refractivity contribution in [1.29, 1.82) is 0 Å². The van der Waals surface area contributed by atoms with Crippen LogP contribution in [0.15, 0.2) is 54.7 Å². The van der Waals surface area contributed by atoms with Crippen LogP contribution in [0.3, 0.4) is 0 Å². The highest BCUT2D eigenvalue weighted by atomic mass is 16.5. The lowest BCUT2D eigenvalue weighted by Gasteiger charge is -2.12. The maximum absolute atomic E-state index is 12.6. The molecule has 0 unspecified atom stereocenters. The SMILES string of the molecule is CCCCc1ncc(C=C2C(=O)Nc3ccccc32)n1Cc1ccc(C(=O)OCC)cc1. The molecule has 0 saturated carbocycles. The number of hydrogen-bond acceptors (Lipinski definition) is 4. The second-order valence-corrected chi connectivity index (χ2v) is 7.76. The van der Waals surface area contributed by atoms with Crippen LogP contribution in [0.2, 0.25) is 0 Å². The standard InChI is InChI=1S/C26H27N3O3/c1-3-5-10-24-27-16-20(15-22-21-8-6-7-9-23(21)28-25(22)30)29(24)17-18-11-13-19(14-12-18)26(31)32-4-2/h6-9,11-16H,3-5,10,17H2,1-2H3,(H,28,30). The van der Waals surface area contributed by atoms with Gasteiger partial charge in [-0.3, -0.25) is 4.79 Å². The summed E-state index contributed by atoms with van der Waals surface area (Å²) < 4.78 is 7.22. The third-order valence-corrected chi connectivity index (χ3v) is 5.53. The maximum atomic E-state index is 12.6. The number of carbonyl (C=O) groups excluding carboxylic acids is 2. The summed E-state index contributed by atoms with van der Waals surface area (Å²) in [5.74, 6) is 0.564. The fraction of sp³-hybridized carbons (Fsp3) is 0.269. The van der Waals surface area contributed by atoms with Crippen LogP contribution in [0.4, 0.5) is 5.69 Å². The zero-order valence-corrected chi connectivity index (χ0v) is 18.4. The molecule has 4 rings (SSSR count). The van der Waals surface area contributed by atoms with Crippen molar-refractivity contribution in [2.24, 2.45) is 0 Å². The van der Waals surface area contributed by atoms with Crippen LogP contribution in [0.25, 0.3) is 11.6 Å². The first-order chi connectivity index (χ1) is 15.6. The second-order valence-electron chi connectivity index (χ2n) is 7.76. The normalized spacial score (nSPS) is 13.8. The van der Waals surface area contributed by atoms with E-state index in [-0.39, 0.29) is 11.9 Å². The molecule has 164 valence electrons. The predicted molar refractivity (Wildman–Crippen MR) is 125 cm³/mol. The van der Waals surface area contributed by atoms with Crippen LogP contribution in [-0.2, 0) is 22.5 Å². The number of para-hydroxylation sites is 1. The van der Waals surface area contributed by atoms with Gasteiger partial charge in [-0.05, 0) is 43.2 Å². The quantitative estimate of drug-likeness (QED) is 0.406. The summed E-state index contributed by atoms with van der Waals surface area (Å²) in [7, 11) is 0. The molecule has 0 aliphatic carbocycles. The number of amides is 1. The Bertz CT molecular complexity index is 1160. The first-order valence-corrected chi connectivity index (χ1v) is 11.0. The number of nitrogens with one attached hydrogen (secondary N) is 1. The molecule has 1 N–H and O–H groups in total. The van der Waals surface area contributed by atoms with E-state index < -0.39 is 0 Å². The van der Waals surface area contributed by atoms with Crippen LogP contribution in [0, 0.1) is 0 Å². The molecule has 1 aromatic heterocycles. The van der Waals surface area contributed by atoms with Crippen molar-refractivity contribution in [3.05, 3.63) is 82.9 Å². The molecule has 1 aliphatic heterocycles. The monoisotopic (exact) mass is 429 g/mol. The third-order valence-electron chi connectivity index (χ3n) is 5.53. The minimum atomic E-state index is -0.318. The maximum Gasteiger partial charge on any atom is 0.338 e. The summed E-state index contributed by atoms with van der Waals surface area (Å²) in [5, 5.41) is 2.92. The van der Waals surface area contributed by atoms with Gasteiger partial charge in [0.25, 0.3) is 5.91 Å². The molecule has 1 amide bonds. The molecule has 1 aliphatic rings. The largest absolute Gasteiger partial charge is 0.462 e. The number of esters is 1. The Balaban J connectivity index is 1.66. The summed E-state index contributed by atoms with van der Waals surface area (Å²) in [6, 6.07) is 15.1. The number of hydrogen-bond donors (Lipinski definition) is 1. The first kappa shape index (κ1) is 21.6. The van der Waals surface area contributed by atoms with Gasteiger partial charge in [0.2, 0.25) is 0 Å². The van der Waals surface area contributed by atoms with E-state index in [9.17, 15) is 9.59 Å². The molecule has 6 nitrogen and oxygen atoms in total. The average molecular weight is 430 g/mol. The topological polar surface area (TPSA) is 73.2 Å². The number of aromatic nitrogens is 2. The van der Waals surface area contributed by atoms with Gasteiger partial charge in [0.15, 0.2) is 0 Å². The Hall–Kier alpha value is -3.67. The minimum absolute atomic E-state index is 0.104. The van der Waals surface area contributed by atoms with Crippen molar-refractivity contribution in [3.8, 4) is 0 Å². The molecular weight excluding hydrogens is 402 g/mol. The fourth-order valence-corrected chi connectivity index (χ4v) is 3.83. The smallest absolute Gasteiger partial charge is 0.338 e. The molecule has 0 radical (unpaired) electrons. The van der Waals surface area contributed by atoms with Crippen molar-refractivity contribution in [2.45, 2.75) is 39.7 Å². The van der Waals surface area contributed by atoms with Gasteiger partial charge in [0.1, 0.15) is 5.82 Å². The number of fused-ring (bicyclic) bond motifs is 1. The molecule has 3 aromatic rings. The molecule has 2 aromatic carbocycles. The molecule has 6 heteroatoms. The van der Waals surface area contributed by atoms with E-state index in [4.69, 9.17) is 4.74 Å². The van der Waals surface area contributed by atoms with Crippen molar-refractivity contribution >= 4 is 29.2 Å². The van der Waals surface area contributed by atoms with Crippen LogP contribution >= 0.6 is 0 Å². The molecular formula is C26H27N3O3. The average Bonchev–Trinajstić information content (AvgIpc) is 3.33. The Morgan fingerprint density at radius 2 is 1.91 bits per heavy atom. The first-order valence-electron chi connectivity index (χ1n) is 11.0. The van der Waals surface area contributed by atoms with Crippen molar-refractivity contribution in [3.63, 3.8) is 0 Å². The molecule has 2 heterocycles. The zero-order valence-electron chi connectivity index (χ0n) is 18.4. The van der Waals surface area contributed by atoms with E-state index in [0.29, 0.717) is 24.3 Å². The Morgan fingerprint density at radius 3 is 2.66 bits per heavy atom. The number of benzene rings is 2. The lowest BCUT2D eigenvalue weighted by molar-refractivity contribution is -0.110. The number of aryl methyl sites for hydroxylation is 1. The molecule has 0 saturated heterocycles. The van der Waals surface area contributed by atoms with Gasteiger partial charge in [0, 0.05) is 24.2 Å². The number of carbonyl (C=O) groups is 2. The lowest BCUT2D eigenvalue weighted by Crippen LogP contribution is -2.09. The molecule has 0 spiro atoms. The number of anilines is 1. The van der Waals surface area contributed by atoms with E-state index in [1.54, 1.807) is 19.1 Å². The van der Waals surface area contributed by atoms with Crippen LogP contribution in [0.5, 0.6) is 0 Å². The van der Waals surface area contributed by atoms with Crippen LogP contribution in [0.1, 0.15) is 59.7 Å². The van der Waals surface area contributed by atoms with E-state index in [1.165, 1.54) is 0 Å². The highest BCUT2D eigenvalue weighted by molar-refractivity contribution is 6.34. The third kappa shape index (κ3) is 4.49. The van der Waals surface area contributed by atoms with Gasteiger partial charge in [0.05, 0.1) is 29.6 Å². The summed E-state index contributed by atoms with van der Waals surface area (Å²) >= 11 is 0. The fourth-order valence-electron chi connectivity index (χ4n) is 3.83. The van der Waals surface area contributed by atoms with E-state index >= 15 is 0 Å². The predicted octanol–water partition coefficient (Wildman–Crippen LogP) is 4.94. The van der Waals surface area contributed by atoms with Gasteiger partial charge >= 0.3 is 5.97 Å². The second kappa shape index (κ2) is 9.64. The Morgan fingerprint density at radius 1 is 1.12 bits per heavy atom. The van der Waals surface area contributed by atoms with E-state index in [0.717, 1.165) is 47.6 Å². The van der Waals surface area contributed by atoms with Gasteiger partial charge in [-0.2, -0.15) is 0 Å². The van der Waals surface area contributed by atoms with Crippen LogP contribution in [-0.4, -0.2) is 28.0 Å². The summed E-state index contributed by atoms with van der Waals surface area (Å²) in [5.41, 5.74) is 4.84. The zero-order chi connectivity index (χ0) is 22.5. The molecule has 0 bridgehead atoms. The summed E-state index contributed by atoms with van der Waals surface area (Å²) in [4.78, 5) is 29.2. The van der Waals surface area contributed by atoms with E-state index in [1.807, 2.05) is 48.7 Å². The van der Waals surface area contributed by atoms with Crippen molar-refractivity contribution in [2.75, 3.05) is 11.9 Å². The minimum Gasteiger partial charge on any atom is -0.462 e. The number of imidazole rings is 1. The van der Waals surface area contributed by atoms with Gasteiger partial charge in [-0.15, -0.1) is 0 Å². The number of ether oxygens (including phenoxy) is 1. The highest BCUT2D eigenvalue weighted by Gasteiger charge is 2.24. The van der Waals surface area contributed by atoms with Gasteiger partial charge in [-0.25, -0.2) is 9.78 Å². The number of nitrogens with zero attached hydrogens (tertiary/aromatic N) is 2. The number of unbranched alkanes of at least 4 members (excludes halogenated alkanes) is 1. The molecule has 0 atom stereocenters. The lowest BCUT2D eigenvalue weighted by atomic mass is 10.1. The number of rotatable bonds is 8. The van der Waals surface area contributed by atoms with Crippen molar-refractivity contribution in [1.82, 2.24) is 9.55 Å². The van der Waals surface area contributed by atoms with Gasteiger partial charge in [-0.1, -0.05) is 43.7 Å². The Kier molecular flexibility index (Phi) is 6.50. The summed E-state index contributed by atoms with van der Waals surface area (Å²) in [6.45, 7) is 4.90. The van der Waals surface area contributed by atoms with Crippen LogP contribution < -0.4 is 5.32 Å². The Labute approximate surface area is 187 Å². The molecule has 32 heavy (non-hydrogen) atoms.